The zero-order valence-electron chi connectivity index (χ0n) is 13.2. The summed E-state index contributed by atoms with van der Waals surface area (Å²) in [5, 5.41) is 6.78. The summed E-state index contributed by atoms with van der Waals surface area (Å²) in [6.07, 6.45) is 12.9. The molecule has 2 N–H and O–H groups in total. The molecule has 5 rings (SSSR count). The van der Waals surface area contributed by atoms with Crippen LogP contribution in [0.25, 0.3) is 0 Å². The van der Waals surface area contributed by atoms with Gasteiger partial charge in [-0.25, -0.2) is 0 Å². The van der Waals surface area contributed by atoms with Gasteiger partial charge in [0.15, 0.2) is 0 Å². The van der Waals surface area contributed by atoms with Gasteiger partial charge in [-0.2, -0.15) is 0 Å². The maximum Gasteiger partial charge on any atom is 0.220 e. The van der Waals surface area contributed by atoms with Crippen LogP contribution in [0, 0.1) is 23.2 Å². The number of hydrogen-bond donors (Lipinski definition) is 2. The Balaban J connectivity index is 1.35. The second kappa shape index (κ2) is 5.57. The summed E-state index contributed by atoms with van der Waals surface area (Å²) < 4.78 is 0. The molecule has 4 aliphatic carbocycles. The molecule has 0 aromatic carbocycles. The van der Waals surface area contributed by atoms with Crippen LogP contribution in [0.5, 0.6) is 0 Å². The molecule has 0 aromatic heterocycles. The Morgan fingerprint density at radius 1 is 1.05 bits per heavy atom. The van der Waals surface area contributed by atoms with E-state index < -0.39 is 0 Å². The highest BCUT2D eigenvalue weighted by Gasteiger charge is 2.51. The molecule has 118 valence electrons. The van der Waals surface area contributed by atoms with Gasteiger partial charge < -0.3 is 10.6 Å². The zero-order chi connectivity index (χ0) is 14.3. The number of amides is 1. The lowest BCUT2D eigenvalue weighted by molar-refractivity contribution is -0.130. The Kier molecular flexibility index (Phi) is 3.72. The third-order valence-electron chi connectivity index (χ3n) is 6.61. The molecule has 5 aliphatic rings. The quantitative estimate of drug-likeness (QED) is 0.839. The Labute approximate surface area is 128 Å². The Morgan fingerprint density at radius 2 is 1.71 bits per heavy atom. The predicted octanol–water partition coefficient (Wildman–Crippen LogP) is 2.85. The molecule has 21 heavy (non-hydrogen) atoms. The fourth-order valence-electron chi connectivity index (χ4n) is 6.27. The number of carbonyl (C=O) groups excluding carboxylic acids is 1. The van der Waals surface area contributed by atoms with E-state index in [2.05, 4.69) is 10.6 Å². The van der Waals surface area contributed by atoms with Crippen LogP contribution in [0.4, 0.5) is 0 Å². The molecule has 0 aromatic rings. The Hall–Kier alpha value is -0.570. The fraction of sp³-hybridized carbons (Fsp3) is 0.944. The van der Waals surface area contributed by atoms with Crippen LogP contribution in [-0.2, 0) is 4.79 Å². The van der Waals surface area contributed by atoms with Crippen molar-refractivity contribution in [2.24, 2.45) is 23.2 Å². The molecule has 5 fully saturated rings. The van der Waals surface area contributed by atoms with E-state index in [4.69, 9.17) is 0 Å². The minimum Gasteiger partial charge on any atom is -0.352 e. The van der Waals surface area contributed by atoms with E-state index in [9.17, 15) is 4.79 Å². The van der Waals surface area contributed by atoms with E-state index >= 15 is 0 Å². The van der Waals surface area contributed by atoms with Crippen LogP contribution < -0.4 is 10.6 Å². The van der Waals surface area contributed by atoms with Gasteiger partial charge in [0, 0.05) is 19.0 Å². The van der Waals surface area contributed by atoms with Crippen LogP contribution in [-0.4, -0.2) is 25.0 Å². The van der Waals surface area contributed by atoms with Crippen molar-refractivity contribution in [3.8, 4) is 0 Å². The standard InChI is InChI=1S/C18H30N2O/c21-17(20-16-3-1-2-4-19-12-16)11-18-8-13-5-14(9-18)7-15(6-13)10-18/h13-16,19H,1-12H2,(H,20,21). The maximum absolute atomic E-state index is 12.6. The van der Waals surface area contributed by atoms with Crippen molar-refractivity contribution in [2.45, 2.75) is 70.3 Å². The summed E-state index contributed by atoms with van der Waals surface area (Å²) in [6, 6.07) is 0.369. The van der Waals surface area contributed by atoms with Crippen molar-refractivity contribution in [3.63, 3.8) is 0 Å². The molecule has 1 amide bonds. The monoisotopic (exact) mass is 290 g/mol. The molecular weight excluding hydrogens is 260 g/mol. The van der Waals surface area contributed by atoms with Gasteiger partial charge in [-0.05, 0) is 81.1 Å². The van der Waals surface area contributed by atoms with E-state index in [0.717, 1.165) is 43.7 Å². The number of rotatable bonds is 3. The molecule has 1 unspecified atom stereocenters. The number of nitrogens with one attached hydrogen (secondary N) is 2. The normalized spacial score (nSPS) is 45.3. The Morgan fingerprint density at radius 3 is 2.38 bits per heavy atom. The van der Waals surface area contributed by atoms with Crippen LogP contribution in [0.3, 0.4) is 0 Å². The van der Waals surface area contributed by atoms with Gasteiger partial charge >= 0.3 is 0 Å². The van der Waals surface area contributed by atoms with Gasteiger partial charge in [0.25, 0.3) is 0 Å². The first kappa shape index (κ1) is 14.0. The second-order valence-corrected chi connectivity index (χ2v) is 8.56. The largest absolute Gasteiger partial charge is 0.352 e. The maximum atomic E-state index is 12.6. The Bertz CT molecular complexity index is 363. The van der Waals surface area contributed by atoms with Crippen molar-refractivity contribution < 1.29 is 4.79 Å². The van der Waals surface area contributed by atoms with Crippen molar-refractivity contribution in [1.82, 2.24) is 10.6 Å². The highest BCUT2D eigenvalue weighted by molar-refractivity contribution is 5.77. The minimum atomic E-state index is 0.339. The second-order valence-electron chi connectivity index (χ2n) is 8.56. The number of hydrogen-bond acceptors (Lipinski definition) is 2. The van der Waals surface area contributed by atoms with E-state index in [1.54, 1.807) is 0 Å². The molecule has 0 spiro atoms. The molecule has 4 saturated carbocycles. The summed E-state index contributed by atoms with van der Waals surface area (Å²) in [7, 11) is 0. The predicted molar refractivity (Wildman–Crippen MR) is 83.9 cm³/mol. The van der Waals surface area contributed by atoms with Crippen LogP contribution in [0.2, 0.25) is 0 Å². The minimum absolute atomic E-state index is 0.339. The first-order chi connectivity index (χ1) is 10.2. The SMILES string of the molecule is O=C(CC12CC3CC(CC(C3)C1)C2)NC1CCCCNC1. The third-order valence-corrected chi connectivity index (χ3v) is 6.61. The average molecular weight is 290 g/mol. The fourth-order valence-corrected chi connectivity index (χ4v) is 6.27. The van der Waals surface area contributed by atoms with Crippen molar-refractivity contribution in [2.75, 3.05) is 13.1 Å². The van der Waals surface area contributed by atoms with Crippen LogP contribution >= 0.6 is 0 Å². The van der Waals surface area contributed by atoms with Gasteiger partial charge in [-0.15, -0.1) is 0 Å². The van der Waals surface area contributed by atoms with Gasteiger partial charge in [0.1, 0.15) is 0 Å². The third kappa shape index (κ3) is 2.99. The topological polar surface area (TPSA) is 41.1 Å². The van der Waals surface area contributed by atoms with Crippen molar-refractivity contribution >= 4 is 5.91 Å². The molecule has 1 saturated heterocycles. The van der Waals surface area contributed by atoms with Gasteiger partial charge in [-0.1, -0.05) is 6.42 Å². The average Bonchev–Trinajstić information content (AvgIpc) is 2.64. The first-order valence-corrected chi connectivity index (χ1v) is 9.21. The highest BCUT2D eigenvalue weighted by Crippen LogP contribution is 2.61. The molecule has 1 atom stereocenters. The summed E-state index contributed by atoms with van der Waals surface area (Å²) in [4.78, 5) is 12.6. The van der Waals surface area contributed by atoms with Crippen LogP contribution in [0.15, 0.2) is 0 Å². The van der Waals surface area contributed by atoms with E-state index in [1.807, 2.05) is 0 Å². The van der Waals surface area contributed by atoms with E-state index in [1.165, 1.54) is 51.4 Å². The highest BCUT2D eigenvalue weighted by atomic mass is 16.1. The summed E-state index contributed by atoms with van der Waals surface area (Å²) in [5.74, 6) is 3.18. The molecular formula is C18H30N2O. The summed E-state index contributed by atoms with van der Waals surface area (Å²) >= 11 is 0. The first-order valence-electron chi connectivity index (χ1n) is 9.21. The molecule has 3 heteroatoms. The number of carbonyl (C=O) groups is 1. The lowest BCUT2D eigenvalue weighted by atomic mass is 9.49. The van der Waals surface area contributed by atoms with Crippen molar-refractivity contribution in [3.05, 3.63) is 0 Å². The summed E-state index contributed by atoms with van der Waals surface area (Å²) in [6.45, 7) is 2.08. The molecule has 4 bridgehead atoms. The van der Waals surface area contributed by atoms with Gasteiger partial charge in [0.2, 0.25) is 5.91 Å². The van der Waals surface area contributed by atoms with E-state index in [-0.39, 0.29) is 0 Å². The van der Waals surface area contributed by atoms with Crippen LogP contribution in [0.1, 0.15) is 64.2 Å². The summed E-state index contributed by atoms with van der Waals surface area (Å²) in [5.41, 5.74) is 0.386. The lowest BCUT2D eigenvalue weighted by Gasteiger charge is -2.56. The smallest absolute Gasteiger partial charge is 0.220 e. The lowest BCUT2D eigenvalue weighted by Crippen LogP contribution is -2.49. The van der Waals surface area contributed by atoms with Crippen molar-refractivity contribution in [1.29, 1.82) is 0 Å². The molecule has 1 aliphatic heterocycles. The molecule has 3 nitrogen and oxygen atoms in total. The van der Waals surface area contributed by atoms with Gasteiger partial charge in [-0.3, -0.25) is 4.79 Å². The molecule has 1 heterocycles. The van der Waals surface area contributed by atoms with E-state index in [0.29, 0.717) is 17.4 Å². The zero-order valence-corrected chi connectivity index (χ0v) is 13.2. The molecule has 0 radical (unpaired) electrons. The van der Waals surface area contributed by atoms with Gasteiger partial charge in [0.05, 0.1) is 0 Å².